The zero-order chi connectivity index (χ0) is 13.4. The molecule has 0 radical (unpaired) electrons. The number of hydrogen-bond acceptors (Lipinski definition) is 4. The first kappa shape index (κ1) is 14.6. The summed E-state index contributed by atoms with van der Waals surface area (Å²) in [5, 5.41) is 3.34. The monoisotopic (exact) mass is 252 g/mol. The molecule has 3 N–H and O–H groups in total. The maximum Gasteiger partial charge on any atom is 0.143 e. The molecule has 0 aliphatic rings. The summed E-state index contributed by atoms with van der Waals surface area (Å²) < 4.78 is 10.7. The number of nitrogens with two attached hydrogens (primary N) is 1. The van der Waals surface area contributed by atoms with E-state index in [1.54, 1.807) is 7.11 Å². The second kappa shape index (κ2) is 7.82. The molecule has 0 saturated heterocycles. The number of rotatable bonds is 8. The Morgan fingerprint density at radius 2 is 2.06 bits per heavy atom. The van der Waals surface area contributed by atoms with E-state index in [2.05, 4.69) is 19.2 Å². The lowest BCUT2D eigenvalue weighted by Crippen LogP contribution is -2.07. The van der Waals surface area contributed by atoms with Crippen molar-refractivity contribution in [3.63, 3.8) is 0 Å². The highest BCUT2D eigenvalue weighted by Gasteiger charge is 2.00. The van der Waals surface area contributed by atoms with Crippen molar-refractivity contribution in [1.82, 2.24) is 0 Å². The van der Waals surface area contributed by atoms with Gasteiger partial charge in [0.05, 0.1) is 18.9 Å². The fourth-order valence-electron chi connectivity index (χ4n) is 1.60. The van der Waals surface area contributed by atoms with Gasteiger partial charge in [-0.05, 0) is 38.8 Å². The van der Waals surface area contributed by atoms with Gasteiger partial charge in [-0.15, -0.1) is 0 Å². The van der Waals surface area contributed by atoms with E-state index in [9.17, 15) is 0 Å². The molecule has 0 heterocycles. The zero-order valence-corrected chi connectivity index (χ0v) is 11.5. The second-order valence-corrected chi connectivity index (χ2v) is 4.51. The van der Waals surface area contributed by atoms with Gasteiger partial charge in [-0.2, -0.15) is 0 Å². The molecule has 0 saturated carbocycles. The van der Waals surface area contributed by atoms with E-state index in [0.29, 0.717) is 17.5 Å². The van der Waals surface area contributed by atoms with Crippen molar-refractivity contribution in [2.24, 2.45) is 0 Å². The summed E-state index contributed by atoms with van der Waals surface area (Å²) in [6, 6.07) is 5.73. The zero-order valence-electron chi connectivity index (χ0n) is 11.5. The maximum absolute atomic E-state index is 5.75. The third-order valence-corrected chi connectivity index (χ3v) is 2.58. The number of anilines is 2. The molecule has 0 amide bonds. The first-order valence-electron chi connectivity index (χ1n) is 6.42. The first-order valence-corrected chi connectivity index (χ1v) is 6.42. The predicted octanol–water partition coefficient (Wildman–Crippen LogP) is 2.89. The van der Waals surface area contributed by atoms with Crippen LogP contribution in [0.1, 0.15) is 26.7 Å². The minimum Gasteiger partial charge on any atom is -0.495 e. The van der Waals surface area contributed by atoms with Crippen LogP contribution in [0.15, 0.2) is 18.2 Å². The molecule has 0 unspecified atom stereocenters. The van der Waals surface area contributed by atoms with Crippen molar-refractivity contribution in [2.75, 3.05) is 31.3 Å². The lowest BCUT2D eigenvalue weighted by molar-refractivity contribution is 0.0765. The molecular weight excluding hydrogens is 228 g/mol. The molecule has 1 rings (SSSR count). The van der Waals surface area contributed by atoms with Crippen molar-refractivity contribution < 1.29 is 9.47 Å². The molecule has 1 aromatic rings. The van der Waals surface area contributed by atoms with Crippen LogP contribution in [-0.4, -0.2) is 26.4 Å². The average molecular weight is 252 g/mol. The van der Waals surface area contributed by atoms with E-state index >= 15 is 0 Å². The van der Waals surface area contributed by atoms with E-state index in [1.807, 2.05) is 18.2 Å². The molecule has 0 aliphatic carbocycles. The van der Waals surface area contributed by atoms with Gasteiger partial charge in [0.25, 0.3) is 0 Å². The SMILES string of the molecule is COc1cc(NCCCCOC(C)C)ccc1N. The molecule has 18 heavy (non-hydrogen) atoms. The van der Waals surface area contributed by atoms with Gasteiger partial charge in [0.2, 0.25) is 0 Å². The fraction of sp³-hybridized carbons (Fsp3) is 0.571. The fourth-order valence-corrected chi connectivity index (χ4v) is 1.60. The van der Waals surface area contributed by atoms with Crippen LogP contribution in [0, 0.1) is 0 Å². The van der Waals surface area contributed by atoms with Crippen molar-refractivity contribution in [1.29, 1.82) is 0 Å². The third kappa shape index (κ3) is 5.27. The Morgan fingerprint density at radius 3 is 2.72 bits per heavy atom. The first-order chi connectivity index (χ1) is 8.63. The van der Waals surface area contributed by atoms with E-state index in [4.69, 9.17) is 15.2 Å². The number of unbranched alkanes of at least 4 members (excludes halogenated alkanes) is 1. The number of benzene rings is 1. The van der Waals surface area contributed by atoms with Crippen LogP contribution in [0.25, 0.3) is 0 Å². The van der Waals surface area contributed by atoms with Crippen LogP contribution in [0.2, 0.25) is 0 Å². The van der Waals surface area contributed by atoms with Gasteiger partial charge < -0.3 is 20.5 Å². The van der Waals surface area contributed by atoms with Crippen LogP contribution in [0.5, 0.6) is 5.75 Å². The Kier molecular flexibility index (Phi) is 6.36. The van der Waals surface area contributed by atoms with Gasteiger partial charge in [0.1, 0.15) is 5.75 Å². The normalized spacial score (nSPS) is 10.7. The third-order valence-electron chi connectivity index (χ3n) is 2.58. The highest BCUT2D eigenvalue weighted by Crippen LogP contribution is 2.24. The molecule has 0 bridgehead atoms. The molecule has 0 atom stereocenters. The van der Waals surface area contributed by atoms with Crippen LogP contribution in [0.3, 0.4) is 0 Å². The Hall–Kier alpha value is -1.42. The average Bonchev–Trinajstić information content (AvgIpc) is 2.35. The van der Waals surface area contributed by atoms with Crippen molar-refractivity contribution >= 4 is 11.4 Å². The second-order valence-electron chi connectivity index (χ2n) is 4.51. The highest BCUT2D eigenvalue weighted by molar-refractivity contribution is 5.61. The van der Waals surface area contributed by atoms with Gasteiger partial charge in [-0.1, -0.05) is 0 Å². The molecule has 0 fully saturated rings. The van der Waals surface area contributed by atoms with Crippen LogP contribution in [0.4, 0.5) is 11.4 Å². The topological polar surface area (TPSA) is 56.5 Å². The Labute approximate surface area is 109 Å². The molecule has 0 aromatic heterocycles. The summed E-state index contributed by atoms with van der Waals surface area (Å²) in [6.45, 7) is 5.86. The van der Waals surface area contributed by atoms with Crippen molar-refractivity contribution in [2.45, 2.75) is 32.8 Å². The number of methoxy groups -OCH3 is 1. The summed E-state index contributed by atoms with van der Waals surface area (Å²) in [5.74, 6) is 0.711. The number of ether oxygens (including phenoxy) is 2. The molecule has 4 heteroatoms. The van der Waals surface area contributed by atoms with E-state index in [1.165, 1.54) is 0 Å². The minimum atomic E-state index is 0.319. The molecule has 1 aromatic carbocycles. The Morgan fingerprint density at radius 1 is 1.28 bits per heavy atom. The Balaban J connectivity index is 2.23. The van der Waals surface area contributed by atoms with E-state index in [-0.39, 0.29) is 0 Å². The summed E-state index contributed by atoms with van der Waals surface area (Å²) in [4.78, 5) is 0. The predicted molar refractivity (Wildman–Crippen MR) is 76.2 cm³/mol. The lowest BCUT2D eigenvalue weighted by atomic mass is 10.2. The summed E-state index contributed by atoms with van der Waals surface area (Å²) in [5.41, 5.74) is 7.45. The summed E-state index contributed by atoms with van der Waals surface area (Å²) in [6.07, 6.45) is 2.47. The lowest BCUT2D eigenvalue weighted by Gasteiger charge is -2.10. The molecule has 0 spiro atoms. The number of hydrogen-bond donors (Lipinski definition) is 2. The largest absolute Gasteiger partial charge is 0.495 e. The quantitative estimate of drug-likeness (QED) is 0.552. The number of nitrogen functional groups attached to an aromatic ring is 1. The maximum atomic E-state index is 5.75. The number of nitrogens with one attached hydrogen (secondary N) is 1. The van der Waals surface area contributed by atoms with E-state index < -0.39 is 0 Å². The minimum absolute atomic E-state index is 0.319. The van der Waals surface area contributed by atoms with Crippen LogP contribution in [-0.2, 0) is 4.74 Å². The van der Waals surface area contributed by atoms with Crippen LogP contribution >= 0.6 is 0 Å². The van der Waals surface area contributed by atoms with Gasteiger partial charge in [-0.3, -0.25) is 0 Å². The van der Waals surface area contributed by atoms with Gasteiger partial charge in [-0.25, -0.2) is 0 Å². The molecule has 102 valence electrons. The molecular formula is C14H24N2O2. The van der Waals surface area contributed by atoms with Crippen LogP contribution < -0.4 is 15.8 Å². The van der Waals surface area contributed by atoms with Crippen molar-refractivity contribution in [3.05, 3.63) is 18.2 Å². The Bertz CT molecular complexity index is 354. The standard InChI is InChI=1S/C14H24N2O2/c1-11(2)18-9-5-4-8-16-12-6-7-13(15)14(10-12)17-3/h6-7,10-11,16H,4-5,8-9,15H2,1-3H3. The van der Waals surface area contributed by atoms with Gasteiger partial charge in [0, 0.05) is 24.9 Å². The highest BCUT2D eigenvalue weighted by atomic mass is 16.5. The summed E-state index contributed by atoms with van der Waals surface area (Å²) >= 11 is 0. The smallest absolute Gasteiger partial charge is 0.143 e. The summed E-state index contributed by atoms with van der Waals surface area (Å²) in [7, 11) is 1.62. The van der Waals surface area contributed by atoms with Crippen molar-refractivity contribution in [3.8, 4) is 5.75 Å². The molecule has 0 aliphatic heterocycles. The van der Waals surface area contributed by atoms with Gasteiger partial charge >= 0.3 is 0 Å². The molecule has 4 nitrogen and oxygen atoms in total. The van der Waals surface area contributed by atoms with E-state index in [0.717, 1.165) is 31.7 Å². The van der Waals surface area contributed by atoms with Gasteiger partial charge in [0.15, 0.2) is 0 Å².